The van der Waals surface area contributed by atoms with Crippen LogP contribution >= 0.6 is 15.9 Å². The lowest BCUT2D eigenvalue weighted by Crippen LogP contribution is -2.06. The summed E-state index contributed by atoms with van der Waals surface area (Å²) in [5, 5.41) is 0. The van der Waals surface area contributed by atoms with Crippen molar-refractivity contribution in [1.82, 2.24) is 4.98 Å². The average molecular weight is 184 g/mol. The molecule has 0 aliphatic carbocycles. The fraction of sp³-hybridized carbons (Fsp3) is 0.167. The molecule has 0 fully saturated rings. The van der Waals surface area contributed by atoms with Crippen molar-refractivity contribution < 1.29 is 0 Å². The molecule has 0 N–H and O–H groups in total. The molecule has 1 nitrogen and oxygen atoms in total. The number of nitrogens with zero attached hydrogens (tertiary/aromatic N) is 1. The van der Waals surface area contributed by atoms with Crippen molar-refractivity contribution in [1.29, 1.82) is 0 Å². The van der Waals surface area contributed by atoms with Crippen LogP contribution in [0.15, 0.2) is 16.9 Å². The molecule has 1 rings (SSSR count). The summed E-state index contributed by atoms with van der Waals surface area (Å²) in [6, 6.07) is 2.09. The van der Waals surface area contributed by atoms with Gasteiger partial charge in [0.15, 0.2) is 0 Å². The predicted octanol–water partition coefficient (Wildman–Crippen LogP) is 0.411. The van der Waals surface area contributed by atoms with Crippen molar-refractivity contribution >= 4 is 29.2 Å². The van der Waals surface area contributed by atoms with Crippen LogP contribution in [0, 0.1) is 6.92 Å². The van der Waals surface area contributed by atoms with Crippen molar-refractivity contribution in [3.05, 3.63) is 22.4 Å². The summed E-state index contributed by atoms with van der Waals surface area (Å²) in [5.74, 6) is 0. The molecule has 0 bridgehead atoms. The van der Waals surface area contributed by atoms with Crippen LogP contribution in [0.2, 0.25) is 0 Å². The summed E-state index contributed by atoms with van der Waals surface area (Å²) in [4.78, 5) is 4.09. The lowest BCUT2D eigenvalue weighted by Gasteiger charge is -1.95. The highest BCUT2D eigenvalue weighted by atomic mass is 79.9. The van der Waals surface area contributed by atoms with E-state index in [0.717, 1.165) is 4.60 Å². The second kappa shape index (κ2) is 2.52. The summed E-state index contributed by atoms with van der Waals surface area (Å²) in [6.45, 7) is 2.03. The highest BCUT2D eigenvalue weighted by Crippen LogP contribution is 2.00. The first-order chi connectivity index (χ1) is 4.20. The maximum Gasteiger partial charge on any atom is 0.142 e. The number of aromatic nitrogens is 1. The Morgan fingerprint density at radius 1 is 1.67 bits per heavy atom. The Labute approximate surface area is 64.0 Å². The van der Waals surface area contributed by atoms with Crippen molar-refractivity contribution in [3.8, 4) is 0 Å². The van der Waals surface area contributed by atoms with Gasteiger partial charge in [0.1, 0.15) is 7.85 Å². The molecule has 0 saturated carbocycles. The second-order valence-corrected chi connectivity index (χ2v) is 2.87. The van der Waals surface area contributed by atoms with E-state index in [1.54, 1.807) is 0 Å². The molecule has 0 radical (unpaired) electrons. The third kappa shape index (κ3) is 1.55. The van der Waals surface area contributed by atoms with Gasteiger partial charge in [-0.2, -0.15) is 0 Å². The zero-order valence-corrected chi connectivity index (χ0v) is 7.07. The molecule has 0 saturated heterocycles. The molecule has 1 aromatic heterocycles. The minimum atomic E-state index is 0.938. The highest BCUT2D eigenvalue weighted by molar-refractivity contribution is 9.10. The summed E-state index contributed by atoms with van der Waals surface area (Å²) in [7, 11) is 2.03. The number of aryl methyl sites for hydroxylation is 1. The van der Waals surface area contributed by atoms with E-state index in [0.29, 0.717) is 0 Å². The molecule has 1 heterocycles. The van der Waals surface area contributed by atoms with E-state index in [9.17, 15) is 0 Å². The maximum atomic E-state index is 4.09. The molecule has 46 valence electrons. The number of pyridine rings is 1. The SMILES string of the molecule is Bc1cc(C)cnc1Br. The van der Waals surface area contributed by atoms with Gasteiger partial charge in [-0.3, -0.25) is 0 Å². The van der Waals surface area contributed by atoms with E-state index < -0.39 is 0 Å². The standard InChI is InChI=1S/C6H7BBrN/c1-4-2-5(7)6(8)9-3-4/h2-3H,7H2,1H3. The van der Waals surface area contributed by atoms with Gasteiger partial charge in [0.2, 0.25) is 0 Å². The lowest BCUT2D eigenvalue weighted by atomic mass is 9.98. The van der Waals surface area contributed by atoms with Crippen molar-refractivity contribution in [3.63, 3.8) is 0 Å². The van der Waals surface area contributed by atoms with Gasteiger partial charge >= 0.3 is 0 Å². The van der Waals surface area contributed by atoms with E-state index in [2.05, 4.69) is 27.0 Å². The van der Waals surface area contributed by atoms with Crippen LogP contribution in [0.3, 0.4) is 0 Å². The molecule has 0 aliphatic rings. The van der Waals surface area contributed by atoms with Gasteiger partial charge < -0.3 is 0 Å². The van der Waals surface area contributed by atoms with Crippen LogP contribution < -0.4 is 5.46 Å². The van der Waals surface area contributed by atoms with Crippen molar-refractivity contribution in [2.75, 3.05) is 0 Å². The number of hydrogen-bond donors (Lipinski definition) is 0. The molecular weight excluding hydrogens is 177 g/mol. The quantitative estimate of drug-likeness (QED) is 0.420. The lowest BCUT2D eigenvalue weighted by molar-refractivity contribution is 1.25. The summed E-state index contributed by atoms with van der Waals surface area (Å²) >= 11 is 3.32. The van der Waals surface area contributed by atoms with Crippen molar-refractivity contribution in [2.24, 2.45) is 0 Å². The third-order valence-electron chi connectivity index (χ3n) is 1.15. The van der Waals surface area contributed by atoms with Gasteiger partial charge in [-0.15, -0.1) is 0 Å². The summed E-state index contributed by atoms with van der Waals surface area (Å²) < 4.78 is 0.938. The Balaban J connectivity index is 3.17. The van der Waals surface area contributed by atoms with Crippen LogP contribution in [0.1, 0.15) is 5.56 Å². The molecule has 0 aliphatic heterocycles. The van der Waals surface area contributed by atoms with Crippen LogP contribution in [-0.2, 0) is 0 Å². The Morgan fingerprint density at radius 2 is 2.33 bits per heavy atom. The van der Waals surface area contributed by atoms with Gasteiger partial charge in [-0.25, -0.2) is 4.98 Å². The predicted molar refractivity (Wildman–Crippen MR) is 44.9 cm³/mol. The molecular formula is C6H7BBrN. The van der Waals surface area contributed by atoms with Gasteiger partial charge in [0.05, 0.1) is 4.60 Å². The zero-order valence-electron chi connectivity index (χ0n) is 5.48. The Bertz CT molecular complexity index is 224. The molecule has 3 heteroatoms. The minimum Gasteiger partial charge on any atom is -0.250 e. The van der Waals surface area contributed by atoms with E-state index in [1.807, 2.05) is 21.0 Å². The smallest absolute Gasteiger partial charge is 0.142 e. The maximum absolute atomic E-state index is 4.09. The van der Waals surface area contributed by atoms with E-state index >= 15 is 0 Å². The number of halogens is 1. The van der Waals surface area contributed by atoms with Gasteiger partial charge in [-0.1, -0.05) is 11.5 Å². The molecule has 0 aromatic carbocycles. The van der Waals surface area contributed by atoms with Crippen LogP contribution in [0.5, 0.6) is 0 Å². The van der Waals surface area contributed by atoms with Crippen LogP contribution in [0.25, 0.3) is 0 Å². The molecule has 0 amide bonds. The average Bonchev–Trinajstić information content (AvgIpc) is 1.80. The fourth-order valence-corrected chi connectivity index (χ4v) is 0.915. The molecule has 0 atom stereocenters. The second-order valence-electron chi connectivity index (χ2n) is 2.12. The summed E-state index contributed by atoms with van der Waals surface area (Å²) in [5.41, 5.74) is 2.39. The zero-order chi connectivity index (χ0) is 6.85. The molecule has 0 spiro atoms. The summed E-state index contributed by atoms with van der Waals surface area (Å²) in [6.07, 6.45) is 1.84. The fourth-order valence-electron chi connectivity index (χ4n) is 0.699. The molecule has 9 heavy (non-hydrogen) atoms. The Kier molecular flexibility index (Phi) is 1.91. The van der Waals surface area contributed by atoms with E-state index in [4.69, 9.17) is 0 Å². The first-order valence-corrected chi connectivity index (χ1v) is 3.58. The third-order valence-corrected chi connectivity index (χ3v) is 1.98. The first kappa shape index (κ1) is 6.81. The number of hydrogen-bond acceptors (Lipinski definition) is 1. The van der Waals surface area contributed by atoms with Gasteiger partial charge in [-0.05, 0) is 28.4 Å². The minimum absolute atomic E-state index is 0.938. The topological polar surface area (TPSA) is 12.9 Å². The monoisotopic (exact) mass is 183 g/mol. The Hall–Kier alpha value is -0.305. The van der Waals surface area contributed by atoms with Gasteiger partial charge in [0, 0.05) is 6.20 Å². The van der Waals surface area contributed by atoms with Gasteiger partial charge in [0.25, 0.3) is 0 Å². The normalized spacial score (nSPS) is 9.56. The van der Waals surface area contributed by atoms with E-state index in [1.165, 1.54) is 11.0 Å². The number of rotatable bonds is 0. The molecule has 0 unspecified atom stereocenters. The molecule has 1 aromatic rings. The highest BCUT2D eigenvalue weighted by Gasteiger charge is 1.92. The van der Waals surface area contributed by atoms with E-state index in [-0.39, 0.29) is 0 Å². The largest absolute Gasteiger partial charge is 0.250 e. The Morgan fingerprint density at radius 3 is 2.78 bits per heavy atom. The van der Waals surface area contributed by atoms with Crippen molar-refractivity contribution in [2.45, 2.75) is 6.92 Å². The van der Waals surface area contributed by atoms with Crippen LogP contribution in [-0.4, -0.2) is 12.8 Å². The van der Waals surface area contributed by atoms with Crippen LogP contribution in [0.4, 0.5) is 0 Å². The first-order valence-electron chi connectivity index (χ1n) is 2.79.